The Kier molecular flexibility index (Phi) is 4.72. The van der Waals surface area contributed by atoms with Gasteiger partial charge in [0.25, 0.3) is 0 Å². The largest absolute Gasteiger partial charge is 0.378 e. The maximum Gasteiger partial charge on any atom is 0.186 e. The molecule has 1 saturated carbocycles. The normalized spacial score (nSPS) is 14.8. The summed E-state index contributed by atoms with van der Waals surface area (Å²) >= 11 is 1.48. The topological polar surface area (TPSA) is 42.4 Å². The molecule has 0 aliphatic heterocycles. The Morgan fingerprint density at radius 3 is 2.89 bits per heavy atom. The van der Waals surface area contributed by atoms with Crippen molar-refractivity contribution in [1.29, 1.82) is 0 Å². The molecule has 4 nitrogen and oxygen atoms in total. The van der Waals surface area contributed by atoms with Crippen molar-refractivity contribution in [2.75, 3.05) is 25.1 Å². The van der Waals surface area contributed by atoms with E-state index < -0.39 is 0 Å². The molecule has 2 rings (SSSR count). The molecule has 1 aromatic rings. The number of aromatic nitrogens is 1. The van der Waals surface area contributed by atoms with Crippen LogP contribution in [0.3, 0.4) is 0 Å². The molecule has 0 radical (unpaired) electrons. The molecule has 0 bridgehead atoms. The van der Waals surface area contributed by atoms with E-state index in [0.29, 0.717) is 11.5 Å². The molecule has 1 fully saturated rings. The molecule has 0 atom stereocenters. The first-order valence-corrected chi connectivity index (χ1v) is 7.28. The molecule has 1 heterocycles. The number of carbonyl (C=O) groups is 1. The van der Waals surface area contributed by atoms with Crippen molar-refractivity contribution in [3.05, 3.63) is 10.6 Å². The lowest BCUT2D eigenvalue weighted by Gasteiger charge is -2.20. The molecule has 5 heteroatoms. The number of nitrogens with zero attached hydrogens (tertiary/aromatic N) is 2. The maximum absolute atomic E-state index is 11.0. The Labute approximate surface area is 112 Å². The summed E-state index contributed by atoms with van der Waals surface area (Å²) in [4.78, 5) is 18.6. The van der Waals surface area contributed by atoms with Crippen LogP contribution in [0.25, 0.3) is 0 Å². The molecule has 18 heavy (non-hydrogen) atoms. The highest BCUT2D eigenvalue weighted by Gasteiger charge is 2.26. The van der Waals surface area contributed by atoms with Gasteiger partial charge in [-0.2, -0.15) is 0 Å². The van der Waals surface area contributed by atoms with Crippen LogP contribution in [0.5, 0.6) is 0 Å². The summed E-state index contributed by atoms with van der Waals surface area (Å²) < 4.78 is 5.08. The highest BCUT2D eigenvalue weighted by atomic mass is 32.1. The monoisotopic (exact) mass is 268 g/mol. The zero-order valence-electron chi connectivity index (χ0n) is 11.0. The number of methoxy groups -OCH3 is 1. The maximum atomic E-state index is 11.0. The predicted octanol–water partition coefficient (Wildman–Crippen LogP) is 2.73. The summed E-state index contributed by atoms with van der Waals surface area (Å²) in [6.07, 6.45) is 4.65. The zero-order valence-corrected chi connectivity index (χ0v) is 11.8. The van der Waals surface area contributed by atoms with Crippen molar-refractivity contribution in [2.24, 2.45) is 5.92 Å². The molecular formula is C13H20N2O2S. The third-order valence-corrected chi connectivity index (χ3v) is 4.13. The third kappa shape index (κ3) is 3.29. The lowest BCUT2D eigenvalue weighted by Crippen LogP contribution is -2.26. The second kappa shape index (κ2) is 6.29. The lowest BCUT2D eigenvalue weighted by molar-refractivity contribution is 0.112. The fourth-order valence-corrected chi connectivity index (χ4v) is 2.88. The summed E-state index contributed by atoms with van der Waals surface area (Å²) in [7, 11) is 1.63. The highest BCUT2D eigenvalue weighted by molar-refractivity contribution is 7.17. The first kappa shape index (κ1) is 13.5. The number of hydrogen-bond acceptors (Lipinski definition) is 5. The van der Waals surface area contributed by atoms with Crippen molar-refractivity contribution in [3.8, 4) is 0 Å². The number of thiazole rings is 1. The third-order valence-electron chi connectivity index (χ3n) is 3.04. The molecule has 0 spiro atoms. The molecular weight excluding hydrogens is 248 g/mol. The van der Waals surface area contributed by atoms with Gasteiger partial charge in [-0.05, 0) is 25.2 Å². The summed E-state index contributed by atoms with van der Waals surface area (Å²) in [6, 6.07) is 0. The van der Waals surface area contributed by atoms with Crippen LogP contribution in [0, 0.1) is 5.92 Å². The van der Waals surface area contributed by atoms with E-state index in [2.05, 4.69) is 16.8 Å². The van der Waals surface area contributed by atoms with E-state index in [-0.39, 0.29) is 0 Å². The second-order valence-corrected chi connectivity index (χ2v) is 5.76. The molecule has 1 aliphatic rings. The number of rotatable bonds is 8. The molecule has 0 amide bonds. The highest BCUT2D eigenvalue weighted by Crippen LogP contribution is 2.33. The van der Waals surface area contributed by atoms with Crippen LogP contribution in [0.2, 0.25) is 0 Å². The second-order valence-electron chi connectivity index (χ2n) is 4.75. The van der Waals surface area contributed by atoms with Gasteiger partial charge in [-0.3, -0.25) is 4.79 Å². The summed E-state index contributed by atoms with van der Waals surface area (Å²) in [5, 5.41) is 0.970. The van der Waals surface area contributed by atoms with E-state index in [1.54, 1.807) is 7.11 Å². The zero-order chi connectivity index (χ0) is 13.0. The van der Waals surface area contributed by atoms with Crippen LogP contribution in [0.1, 0.15) is 41.6 Å². The van der Waals surface area contributed by atoms with Crippen LogP contribution in [0.4, 0.5) is 5.13 Å². The molecule has 0 aromatic carbocycles. The average Bonchev–Trinajstić information content (AvgIpc) is 3.09. The van der Waals surface area contributed by atoms with Gasteiger partial charge < -0.3 is 9.64 Å². The lowest BCUT2D eigenvalue weighted by atomic mass is 10.3. The fourth-order valence-electron chi connectivity index (χ4n) is 1.97. The van der Waals surface area contributed by atoms with Crippen molar-refractivity contribution in [2.45, 2.75) is 32.8 Å². The Balaban J connectivity index is 2.14. The van der Waals surface area contributed by atoms with E-state index in [1.807, 2.05) is 0 Å². The minimum Gasteiger partial charge on any atom is -0.378 e. The van der Waals surface area contributed by atoms with Crippen molar-refractivity contribution >= 4 is 22.8 Å². The molecule has 1 aromatic heterocycles. The van der Waals surface area contributed by atoms with Crippen molar-refractivity contribution < 1.29 is 9.53 Å². The van der Waals surface area contributed by atoms with Gasteiger partial charge in [-0.15, -0.1) is 0 Å². The van der Waals surface area contributed by atoms with Gasteiger partial charge >= 0.3 is 0 Å². The van der Waals surface area contributed by atoms with E-state index >= 15 is 0 Å². The summed E-state index contributed by atoms with van der Waals surface area (Å²) in [6.45, 7) is 4.67. The quantitative estimate of drug-likeness (QED) is 0.680. The fraction of sp³-hybridized carbons (Fsp3) is 0.692. The van der Waals surface area contributed by atoms with Gasteiger partial charge in [-0.25, -0.2) is 4.98 Å². The Bertz CT molecular complexity index is 402. The van der Waals surface area contributed by atoms with E-state index in [0.717, 1.165) is 42.5 Å². The van der Waals surface area contributed by atoms with Crippen LogP contribution in [-0.4, -0.2) is 31.5 Å². The Morgan fingerprint density at radius 2 is 2.33 bits per heavy atom. The molecule has 0 N–H and O–H groups in total. The van der Waals surface area contributed by atoms with Crippen molar-refractivity contribution in [1.82, 2.24) is 4.98 Å². The standard InChI is InChI=1S/C13H20N2O2S/c1-3-6-15(7-10-4-5-10)13-14-11(9-17-2)12(8-16)18-13/h8,10H,3-7,9H2,1-2H3. The number of carbonyl (C=O) groups excluding carboxylic acids is 1. The first-order valence-electron chi connectivity index (χ1n) is 6.47. The van der Waals surface area contributed by atoms with E-state index in [1.165, 1.54) is 24.2 Å². The van der Waals surface area contributed by atoms with Crippen LogP contribution in [-0.2, 0) is 11.3 Å². The van der Waals surface area contributed by atoms with Gasteiger partial charge in [0.2, 0.25) is 0 Å². The van der Waals surface area contributed by atoms with Gasteiger partial charge in [0, 0.05) is 20.2 Å². The molecule has 1 aliphatic carbocycles. The Morgan fingerprint density at radius 1 is 1.56 bits per heavy atom. The first-order chi connectivity index (χ1) is 8.78. The number of aldehydes is 1. The van der Waals surface area contributed by atoms with Gasteiger partial charge in [-0.1, -0.05) is 18.3 Å². The van der Waals surface area contributed by atoms with Gasteiger partial charge in [0.15, 0.2) is 11.4 Å². The molecule has 0 unspecified atom stereocenters. The SMILES string of the molecule is CCCN(CC1CC1)c1nc(COC)c(C=O)s1. The summed E-state index contributed by atoms with van der Waals surface area (Å²) in [5.74, 6) is 0.825. The molecule has 0 saturated heterocycles. The van der Waals surface area contributed by atoms with Crippen LogP contribution < -0.4 is 4.90 Å². The number of ether oxygens (including phenoxy) is 1. The minimum absolute atomic E-state index is 0.411. The van der Waals surface area contributed by atoms with E-state index in [4.69, 9.17) is 4.74 Å². The number of anilines is 1. The smallest absolute Gasteiger partial charge is 0.186 e. The average molecular weight is 268 g/mol. The number of hydrogen-bond donors (Lipinski definition) is 0. The predicted molar refractivity (Wildman–Crippen MR) is 73.4 cm³/mol. The van der Waals surface area contributed by atoms with Crippen LogP contribution in [0.15, 0.2) is 0 Å². The van der Waals surface area contributed by atoms with Crippen molar-refractivity contribution in [3.63, 3.8) is 0 Å². The Hall–Kier alpha value is -0.940. The minimum atomic E-state index is 0.411. The van der Waals surface area contributed by atoms with Gasteiger partial charge in [0.05, 0.1) is 17.2 Å². The van der Waals surface area contributed by atoms with Gasteiger partial charge in [0.1, 0.15) is 0 Å². The molecule has 100 valence electrons. The summed E-state index contributed by atoms with van der Waals surface area (Å²) in [5.41, 5.74) is 0.768. The van der Waals surface area contributed by atoms with E-state index in [9.17, 15) is 4.79 Å². The van der Waals surface area contributed by atoms with Crippen LogP contribution >= 0.6 is 11.3 Å².